The van der Waals surface area contributed by atoms with E-state index in [1.165, 1.54) is 0 Å². The number of hydrogen-bond acceptors (Lipinski definition) is 9. The number of benzene rings is 2. The van der Waals surface area contributed by atoms with Crippen LogP contribution in [0.4, 0.5) is 10.6 Å². The molecular weight excluding hydrogens is 654 g/mol. The van der Waals surface area contributed by atoms with E-state index in [0.29, 0.717) is 29.4 Å². The first-order valence-corrected chi connectivity index (χ1v) is 18.5. The fourth-order valence-corrected chi connectivity index (χ4v) is 8.31. The minimum atomic E-state index is -0.504. The van der Waals surface area contributed by atoms with Gasteiger partial charge in [-0.3, -0.25) is 5.10 Å². The zero-order chi connectivity index (χ0) is 34.8. The van der Waals surface area contributed by atoms with Crippen LogP contribution < -0.4 is 14.4 Å². The zero-order valence-electron chi connectivity index (χ0n) is 29.9. The van der Waals surface area contributed by atoms with Crippen molar-refractivity contribution in [2.45, 2.75) is 90.4 Å². The first-order chi connectivity index (χ1) is 24.0. The van der Waals surface area contributed by atoms with E-state index in [-0.39, 0.29) is 17.6 Å². The molecule has 4 fully saturated rings. The van der Waals surface area contributed by atoms with Crippen LogP contribution in [0, 0.1) is 12.3 Å². The molecule has 4 aromatic rings. The average molecular weight is 702 g/mol. The first-order valence-electron chi connectivity index (χ1n) is 18.2. The first kappa shape index (κ1) is 33.3. The van der Waals surface area contributed by atoms with Crippen LogP contribution in [0.1, 0.15) is 71.3 Å². The predicted octanol–water partition coefficient (Wildman–Crippen LogP) is 7.38. The SMILES string of the molecule is Cc1ccc2[nH]ncc2c1-c1c(Cl)cc2c(N3CCC4(CC3)CN(C(=O)OC(C)(C)C)C4)nc(OC[C@@H]3CCCN3C)nc2c1OC1CCC1. The molecule has 0 radical (unpaired) electrons. The van der Waals surface area contributed by atoms with Gasteiger partial charge in [-0.1, -0.05) is 17.7 Å². The van der Waals surface area contributed by atoms with E-state index >= 15 is 0 Å². The maximum absolute atomic E-state index is 12.7. The third-order valence-corrected chi connectivity index (χ3v) is 11.5. The number of aromatic nitrogens is 4. The molecule has 11 nitrogen and oxygen atoms in total. The molecule has 0 unspecified atom stereocenters. The van der Waals surface area contributed by atoms with Gasteiger partial charge in [0.1, 0.15) is 23.5 Å². The molecule has 3 aliphatic heterocycles. The van der Waals surface area contributed by atoms with Gasteiger partial charge in [0.15, 0.2) is 5.75 Å². The fourth-order valence-electron chi connectivity index (χ4n) is 8.02. The number of anilines is 1. The van der Waals surface area contributed by atoms with Gasteiger partial charge in [-0.15, -0.1) is 0 Å². The van der Waals surface area contributed by atoms with E-state index < -0.39 is 5.60 Å². The molecule has 1 N–H and O–H groups in total. The van der Waals surface area contributed by atoms with Crippen LogP contribution in [-0.2, 0) is 4.74 Å². The molecule has 2 aromatic carbocycles. The van der Waals surface area contributed by atoms with Gasteiger partial charge in [0.25, 0.3) is 0 Å². The van der Waals surface area contributed by atoms with Crippen LogP contribution in [0.5, 0.6) is 11.8 Å². The van der Waals surface area contributed by atoms with Gasteiger partial charge in [0.2, 0.25) is 0 Å². The van der Waals surface area contributed by atoms with Crippen molar-refractivity contribution in [3.05, 3.63) is 35.0 Å². The van der Waals surface area contributed by atoms with Gasteiger partial charge in [0, 0.05) is 59.5 Å². The second kappa shape index (κ2) is 12.7. The highest BCUT2D eigenvalue weighted by molar-refractivity contribution is 6.35. The smallest absolute Gasteiger partial charge is 0.410 e. The van der Waals surface area contributed by atoms with E-state index in [1.807, 2.05) is 44.0 Å². The van der Waals surface area contributed by atoms with E-state index in [0.717, 1.165) is 122 Å². The molecule has 266 valence electrons. The van der Waals surface area contributed by atoms with Crippen molar-refractivity contribution >= 4 is 45.3 Å². The van der Waals surface area contributed by atoms with E-state index in [1.54, 1.807) is 0 Å². The number of carbonyl (C=O) groups excluding carboxylic acids is 1. The Morgan fingerprint density at radius 2 is 1.82 bits per heavy atom. The standard InChI is InChI=1S/C38H48ClN7O4/c1-23-11-12-29-27(19-40-43-29)30(23)31-28(39)18-26-32(33(31)49-25-9-6-10-25)41-35(48-20-24-8-7-15-44(24)5)42-34(26)45-16-13-38(14-17-45)21-46(22-38)36(47)50-37(2,3)4/h11-12,18-19,24-25H,6-10,13-17,20-22H2,1-5H3,(H,40,43)/t24-/m0/s1. The lowest BCUT2D eigenvalue weighted by molar-refractivity contribution is -0.0434. The third-order valence-electron chi connectivity index (χ3n) is 11.2. The van der Waals surface area contributed by atoms with Gasteiger partial charge in [0.05, 0.1) is 22.8 Å². The fraction of sp³-hybridized carbons (Fsp3) is 0.579. The zero-order valence-corrected chi connectivity index (χ0v) is 30.6. The Hall–Kier alpha value is -3.83. The van der Waals surface area contributed by atoms with Gasteiger partial charge >= 0.3 is 12.1 Å². The lowest BCUT2D eigenvalue weighted by Crippen LogP contribution is -2.62. The van der Waals surface area contributed by atoms with Crippen LogP contribution in [-0.4, -0.2) is 100 Å². The Balaban J connectivity index is 1.18. The lowest BCUT2D eigenvalue weighted by Gasteiger charge is -2.53. The Morgan fingerprint density at radius 1 is 1.04 bits per heavy atom. The maximum atomic E-state index is 12.7. The van der Waals surface area contributed by atoms with Crippen molar-refractivity contribution in [1.29, 1.82) is 0 Å². The largest absolute Gasteiger partial charge is 0.487 e. The summed E-state index contributed by atoms with van der Waals surface area (Å²) in [4.78, 5) is 29.5. The number of H-pyrrole nitrogens is 1. The Labute approximate surface area is 298 Å². The number of aryl methyl sites for hydroxylation is 1. The van der Waals surface area contributed by atoms with Crippen molar-refractivity contribution in [2.75, 3.05) is 51.3 Å². The highest BCUT2D eigenvalue weighted by Gasteiger charge is 2.48. The third kappa shape index (κ3) is 6.21. The predicted molar refractivity (Wildman–Crippen MR) is 195 cm³/mol. The Morgan fingerprint density at radius 3 is 2.50 bits per heavy atom. The number of likely N-dealkylation sites (tertiary alicyclic amines) is 2. The van der Waals surface area contributed by atoms with Crippen LogP contribution in [0.2, 0.25) is 5.02 Å². The molecule has 12 heteroatoms. The number of nitrogens with one attached hydrogen (secondary N) is 1. The Kier molecular flexibility index (Phi) is 8.49. The van der Waals surface area contributed by atoms with Crippen LogP contribution in [0.3, 0.4) is 0 Å². The quantitative estimate of drug-likeness (QED) is 0.211. The van der Waals surface area contributed by atoms with Crippen molar-refractivity contribution < 1.29 is 19.0 Å². The summed E-state index contributed by atoms with van der Waals surface area (Å²) in [5.74, 6) is 1.49. The number of ether oxygens (including phenoxy) is 3. The number of nitrogens with zero attached hydrogens (tertiary/aromatic N) is 6. The van der Waals surface area contributed by atoms with Crippen molar-refractivity contribution in [2.24, 2.45) is 5.41 Å². The summed E-state index contributed by atoms with van der Waals surface area (Å²) in [7, 11) is 2.15. The number of rotatable bonds is 7. The summed E-state index contributed by atoms with van der Waals surface area (Å²) in [6, 6.07) is 6.84. The molecule has 5 heterocycles. The molecule has 0 bridgehead atoms. The molecule has 1 saturated carbocycles. The van der Waals surface area contributed by atoms with E-state index in [2.05, 4.69) is 40.0 Å². The second-order valence-electron chi connectivity index (χ2n) is 16.0. The van der Waals surface area contributed by atoms with E-state index in [9.17, 15) is 4.79 Å². The van der Waals surface area contributed by atoms with Gasteiger partial charge in [-0.25, -0.2) is 4.79 Å². The minimum absolute atomic E-state index is 0.0900. The summed E-state index contributed by atoms with van der Waals surface area (Å²) in [5.41, 5.74) is 4.14. The summed E-state index contributed by atoms with van der Waals surface area (Å²) >= 11 is 7.34. The molecule has 1 atom stereocenters. The number of aromatic amines is 1. The van der Waals surface area contributed by atoms with Crippen molar-refractivity contribution in [3.63, 3.8) is 0 Å². The summed E-state index contributed by atoms with van der Waals surface area (Å²) in [6.07, 6.45) is 8.99. The summed E-state index contributed by atoms with van der Waals surface area (Å²) < 4.78 is 19.0. The number of carbonyl (C=O) groups is 1. The average Bonchev–Trinajstić information content (AvgIpc) is 3.68. The molecular formula is C38H48ClN7O4. The molecule has 3 saturated heterocycles. The molecule has 1 amide bonds. The van der Waals surface area contributed by atoms with Crippen LogP contribution >= 0.6 is 11.6 Å². The number of halogens is 1. The lowest BCUT2D eigenvalue weighted by atomic mass is 9.72. The molecule has 1 aliphatic carbocycles. The van der Waals surface area contributed by atoms with Gasteiger partial charge in [-0.2, -0.15) is 15.1 Å². The summed E-state index contributed by atoms with van der Waals surface area (Å²) in [6.45, 7) is 12.4. The van der Waals surface area contributed by atoms with Crippen molar-refractivity contribution in [1.82, 2.24) is 30.0 Å². The molecule has 2 aromatic heterocycles. The Bertz CT molecular complexity index is 1920. The highest BCUT2D eigenvalue weighted by Crippen LogP contribution is 2.49. The van der Waals surface area contributed by atoms with Crippen LogP contribution in [0.25, 0.3) is 32.9 Å². The number of amides is 1. The van der Waals surface area contributed by atoms with Gasteiger partial charge in [-0.05, 0) is 104 Å². The molecule has 50 heavy (non-hydrogen) atoms. The minimum Gasteiger partial charge on any atom is -0.487 e. The van der Waals surface area contributed by atoms with Crippen LogP contribution in [0.15, 0.2) is 24.4 Å². The molecule has 8 rings (SSSR count). The number of hydrogen-bond donors (Lipinski definition) is 1. The number of likely N-dealkylation sites (N-methyl/N-ethyl adjacent to an activating group) is 1. The van der Waals surface area contributed by atoms with Crippen molar-refractivity contribution in [3.8, 4) is 22.9 Å². The molecule has 4 aliphatic rings. The molecule has 1 spiro atoms. The second-order valence-corrected chi connectivity index (χ2v) is 16.4. The topological polar surface area (TPSA) is 109 Å². The monoisotopic (exact) mass is 701 g/mol. The highest BCUT2D eigenvalue weighted by atomic mass is 35.5. The maximum Gasteiger partial charge on any atom is 0.410 e. The number of piperidine rings is 1. The normalized spacial score (nSPS) is 21.1. The summed E-state index contributed by atoms with van der Waals surface area (Å²) in [5, 5.41) is 9.91. The number of fused-ring (bicyclic) bond motifs is 2. The van der Waals surface area contributed by atoms with Gasteiger partial charge < -0.3 is 28.9 Å². The van der Waals surface area contributed by atoms with E-state index in [4.69, 9.17) is 35.8 Å².